The topological polar surface area (TPSA) is 17.8 Å². The highest BCUT2D eigenvalue weighted by atomic mass is 79.9. The molecule has 0 saturated heterocycles. The molecule has 0 amide bonds. The fourth-order valence-corrected chi connectivity index (χ4v) is 2.05. The molecule has 0 aliphatic heterocycles. The van der Waals surface area contributed by atoms with Gasteiger partial charge in [-0.2, -0.15) is 5.10 Å². The van der Waals surface area contributed by atoms with Crippen molar-refractivity contribution in [3.8, 4) is 0 Å². The first kappa shape index (κ1) is 9.03. The van der Waals surface area contributed by atoms with Gasteiger partial charge in [-0.15, -0.1) is 0 Å². The van der Waals surface area contributed by atoms with Crippen LogP contribution in [-0.4, -0.2) is 9.78 Å². The van der Waals surface area contributed by atoms with Gasteiger partial charge in [0, 0.05) is 16.4 Å². The summed E-state index contributed by atoms with van der Waals surface area (Å²) in [5, 5.41) is 6.07. The van der Waals surface area contributed by atoms with Gasteiger partial charge in [0.1, 0.15) is 10.7 Å². The fourth-order valence-electron chi connectivity index (χ4n) is 1.30. The maximum Gasteiger partial charge on any atom is 0.134 e. The van der Waals surface area contributed by atoms with Crippen LogP contribution in [0, 0.1) is 0 Å². The Morgan fingerprint density at radius 3 is 2.92 bits per heavy atom. The highest BCUT2D eigenvalue weighted by Gasteiger charge is 2.09. The molecule has 68 valence electrons. The first-order chi connectivity index (χ1) is 6.24. The van der Waals surface area contributed by atoms with Gasteiger partial charge in [0.15, 0.2) is 0 Å². The van der Waals surface area contributed by atoms with Gasteiger partial charge in [-0.1, -0.05) is 17.7 Å². The lowest BCUT2D eigenvalue weighted by Crippen LogP contribution is -1.95. The smallest absolute Gasteiger partial charge is 0.134 e. The maximum absolute atomic E-state index is 6.11. The van der Waals surface area contributed by atoms with E-state index >= 15 is 0 Å². The van der Waals surface area contributed by atoms with Crippen LogP contribution in [0.2, 0.25) is 5.15 Å². The van der Waals surface area contributed by atoms with E-state index in [1.54, 1.807) is 4.68 Å². The van der Waals surface area contributed by atoms with Crippen LogP contribution in [-0.2, 0) is 6.54 Å². The lowest BCUT2D eigenvalue weighted by Gasteiger charge is -1.93. The van der Waals surface area contributed by atoms with E-state index in [1.165, 1.54) is 0 Å². The van der Waals surface area contributed by atoms with Crippen LogP contribution < -0.4 is 0 Å². The van der Waals surface area contributed by atoms with Gasteiger partial charge in [-0.05, 0) is 35.0 Å². The number of rotatable bonds is 1. The molecule has 1 heterocycles. The van der Waals surface area contributed by atoms with Crippen molar-refractivity contribution >= 4 is 38.4 Å². The summed E-state index contributed by atoms with van der Waals surface area (Å²) in [4.78, 5) is 0. The fraction of sp³-hybridized carbons (Fsp3) is 0.222. The van der Waals surface area contributed by atoms with Gasteiger partial charge in [0.25, 0.3) is 0 Å². The molecule has 13 heavy (non-hydrogen) atoms. The number of hydrogen-bond acceptors (Lipinski definition) is 1. The molecule has 1 aromatic heterocycles. The van der Waals surface area contributed by atoms with Crippen molar-refractivity contribution in [2.75, 3.05) is 0 Å². The summed E-state index contributed by atoms with van der Waals surface area (Å²) in [6.07, 6.45) is 0. The second kappa shape index (κ2) is 3.31. The van der Waals surface area contributed by atoms with Gasteiger partial charge in [-0.3, -0.25) is 4.68 Å². The predicted octanol–water partition coefficient (Wildman–Crippen LogP) is 3.47. The van der Waals surface area contributed by atoms with Gasteiger partial charge >= 0.3 is 0 Å². The molecule has 0 spiro atoms. The molecule has 0 aliphatic carbocycles. The quantitative estimate of drug-likeness (QED) is 0.767. The standard InChI is InChI=1S/C9H8BrClN2/c1-2-13-9(11)6-4-3-5-7(10)8(6)12-13/h3-5H,2H2,1H3. The van der Waals surface area contributed by atoms with Crippen LogP contribution in [0.25, 0.3) is 10.9 Å². The third kappa shape index (κ3) is 1.36. The number of halogens is 2. The molecule has 0 saturated carbocycles. The van der Waals surface area contributed by atoms with Gasteiger partial charge in [0.2, 0.25) is 0 Å². The highest BCUT2D eigenvalue weighted by molar-refractivity contribution is 9.10. The van der Waals surface area contributed by atoms with Crippen LogP contribution >= 0.6 is 27.5 Å². The van der Waals surface area contributed by atoms with Crippen LogP contribution in [0.5, 0.6) is 0 Å². The Balaban J connectivity index is 2.83. The Morgan fingerprint density at radius 2 is 2.31 bits per heavy atom. The molecule has 0 atom stereocenters. The Hall–Kier alpha value is -0.540. The Kier molecular flexibility index (Phi) is 2.30. The minimum atomic E-state index is 0.707. The SMILES string of the molecule is CCn1nc2c(Br)cccc2c1Cl. The molecular weight excluding hydrogens is 251 g/mol. The Bertz CT molecular complexity index is 450. The molecular formula is C9H8BrClN2. The van der Waals surface area contributed by atoms with E-state index in [1.807, 2.05) is 25.1 Å². The third-order valence-electron chi connectivity index (χ3n) is 1.96. The highest BCUT2D eigenvalue weighted by Crippen LogP contribution is 2.28. The maximum atomic E-state index is 6.11. The summed E-state index contributed by atoms with van der Waals surface area (Å²) >= 11 is 9.55. The second-order valence-corrected chi connectivity index (χ2v) is 3.95. The molecule has 0 N–H and O–H groups in total. The first-order valence-electron chi connectivity index (χ1n) is 4.04. The predicted molar refractivity (Wildman–Crippen MR) is 58.1 cm³/mol. The average Bonchev–Trinajstić information content (AvgIpc) is 2.45. The van der Waals surface area contributed by atoms with E-state index in [2.05, 4.69) is 21.0 Å². The van der Waals surface area contributed by atoms with E-state index < -0.39 is 0 Å². The lowest BCUT2D eigenvalue weighted by atomic mass is 10.3. The van der Waals surface area contributed by atoms with Crippen molar-refractivity contribution in [2.24, 2.45) is 0 Å². The van der Waals surface area contributed by atoms with Crippen molar-refractivity contribution in [1.29, 1.82) is 0 Å². The molecule has 0 fully saturated rings. The minimum Gasteiger partial charge on any atom is -0.253 e. The van der Waals surface area contributed by atoms with Crippen LogP contribution in [0.3, 0.4) is 0 Å². The number of benzene rings is 1. The Morgan fingerprint density at radius 1 is 1.54 bits per heavy atom. The number of hydrogen-bond donors (Lipinski definition) is 0. The zero-order chi connectivity index (χ0) is 9.42. The molecule has 0 radical (unpaired) electrons. The molecule has 0 aliphatic rings. The summed E-state index contributed by atoms with van der Waals surface area (Å²) in [5.41, 5.74) is 0.925. The monoisotopic (exact) mass is 258 g/mol. The zero-order valence-electron chi connectivity index (χ0n) is 7.09. The van der Waals surface area contributed by atoms with Crippen molar-refractivity contribution in [1.82, 2.24) is 9.78 Å². The molecule has 0 bridgehead atoms. The molecule has 2 aromatic rings. The summed E-state index contributed by atoms with van der Waals surface area (Å²) in [6, 6.07) is 5.90. The van der Waals surface area contributed by atoms with Crippen LogP contribution in [0.1, 0.15) is 6.92 Å². The van der Waals surface area contributed by atoms with E-state index in [9.17, 15) is 0 Å². The van der Waals surface area contributed by atoms with E-state index in [0.717, 1.165) is 21.9 Å². The summed E-state index contributed by atoms with van der Waals surface area (Å²) in [7, 11) is 0. The molecule has 1 aromatic carbocycles. The summed E-state index contributed by atoms with van der Waals surface area (Å²) in [6.45, 7) is 2.81. The van der Waals surface area contributed by atoms with E-state index in [0.29, 0.717) is 5.15 Å². The van der Waals surface area contributed by atoms with Crippen molar-refractivity contribution in [2.45, 2.75) is 13.5 Å². The van der Waals surface area contributed by atoms with E-state index in [4.69, 9.17) is 11.6 Å². The molecule has 2 rings (SSSR count). The third-order valence-corrected chi connectivity index (χ3v) is 2.99. The zero-order valence-corrected chi connectivity index (χ0v) is 9.43. The average molecular weight is 260 g/mol. The van der Waals surface area contributed by atoms with Gasteiger partial charge in [0.05, 0.1) is 0 Å². The van der Waals surface area contributed by atoms with Crippen LogP contribution in [0.15, 0.2) is 22.7 Å². The number of fused-ring (bicyclic) bond motifs is 1. The second-order valence-electron chi connectivity index (χ2n) is 2.74. The van der Waals surface area contributed by atoms with Gasteiger partial charge in [-0.25, -0.2) is 0 Å². The van der Waals surface area contributed by atoms with Crippen molar-refractivity contribution in [3.05, 3.63) is 27.8 Å². The number of aromatic nitrogens is 2. The van der Waals surface area contributed by atoms with Crippen molar-refractivity contribution < 1.29 is 0 Å². The minimum absolute atomic E-state index is 0.707. The largest absolute Gasteiger partial charge is 0.253 e. The lowest BCUT2D eigenvalue weighted by molar-refractivity contribution is 0.668. The first-order valence-corrected chi connectivity index (χ1v) is 5.21. The molecule has 4 heteroatoms. The normalized spacial score (nSPS) is 11.0. The van der Waals surface area contributed by atoms with Crippen molar-refractivity contribution in [3.63, 3.8) is 0 Å². The molecule has 2 nitrogen and oxygen atoms in total. The van der Waals surface area contributed by atoms with E-state index in [-0.39, 0.29) is 0 Å². The molecule has 0 unspecified atom stereocenters. The van der Waals surface area contributed by atoms with Gasteiger partial charge < -0.3 is 0 Å². The summed E-state index contributed by atoms with van der Waals surface area (Å²) in [5.74, 6) is 0. The van der Waals surface area contributed by atoms with Crippen LogP contribution in [0.4, 0.5) is 0 Å². The summed E-state index contributed by atoms with van der Waals surface area (Å²) < 4.78 is 2.77. The Labute approximate surface area is 89.6 Å². The number of nitrogens with zero attached hydrogens (tertiary/aromatic N) is 2. The number of aryl methyl sites for hydroxylation is 1.